The third kappa shape index (κ3) is 5.41. The third-order valence-corrected chi connectivity index (χ3v) is 6.64. The van der Waals surface area contributed by atoms with E-state index < -0.39 is 6.04 Å². The molecule has 0 radical (unpaired) electrons. The molecule has 7 heteroatoms. The van der Waals surface area contributed by atoms with Gasteiger partial charge in [-0.05, 0) is 74.9 Å². The molecule has 2 heterocycles. The van der Waals surface area contributed by atoms with Gasteiger partial charge in [0.1, 0.15) is 11.9 Å². The summed E-state index contributed by atoms with van der Waals surface area (Å²) in [6.45, 7) is 4.35. The van der Waals surface area contributed by atoms with Crippen molar-refractivity contribution in [2.45, 2.75) is 38.6 Å². The maximum Gasteiger partial charge on any atom is 0.253 e. The van der Waals surface area contributed by atoms with Crippen molar-refractivity contribution in [1.82, 2.24) is 15.1 Å². The summed E-state index contributed by atoms with van der Waals surface area (Å²) in [5.41, 5.74) is 1.98. The number of halogens is 1. The molecule has 2 aliphatic rings. The summed E-state index contributed by atoms with van der Waals surface area (Å²) in [5.74, 6) is -0.848. The second-order valence-electron chi connectivity index (χ2n) is 8.99. The lowest BCUT2D eigenvalue weighted by atomic mass is 9.88. The first kappa shape index (κ1) is 23.0. The second-order valence-corrected chi connectivity index (χ2v) is 8.99. The van der Waals surface area contributed by atoms with Crippen LogP contribution in [0.2, 0.25) is 0 Å². The van der Waals surface area contributed by atoms with E-state index in [0.717, 1.165) is 31.5 Å². The Morgan fingerprint density at radius 3 is 2.21 bits per heavy atom. The molecule has 0 saturated carbocycles. The summed E-state index contributed by atoms with van der Waals surface area (Å²) in [6, 6.07) is 12.3. The molecule has 1 atom stereocenters. The Morgan fingerprint density at radius 2 is 1.58 bits per heavy atom. The minimum atomic E-state index is -0.612. The summed E-state index contributed by atoms with van der Waals surface area (Å²) in [4.78, 5) is 42.7. The molecule has 2 aromatic rings. The minimum Gasteiger partial charge on any atom is -0.341 e. The smallest absolute Gasteiger partial charge is 0.253 e. The van der Waals surface area contributed by atoms with Crippen LogP contribution in [0, 0.1) is 18.7 Å². The van der Waals surface area contributed by atoms with Crippen LogP contribution in [0.5, 0.6) is 0 Å². The standard InChI is InChI=1S/C26H30FN3O3/c1-18-5-4-6-21(17-18)24(31)28-23(26(33)29-13-2-3-14-29)19-11-15-30(16-12-19)25(32)20-7-9-22(27)10-8-20/h4-10,17,19,23H,2-3,11-16H2,1H3,(H,28,31). The lowest BCUT2D eigenvalue weighted by Crippen LogP contribution is -2.54. The van der Waals surface area contributed by atoms with Crippen molar-refractivity contribution in [3.63, 3.8) is 0 Å². The van der Waals surface area contributed by atoms with Crippen LogP contribution < -0.4 is 5.32 Å². The molecule has 4 rings (SSSR count). The van der Waals surface area contributed by atoms with E-state index in [2.05, 4.69) is 5.32 Å². The molecule has 1 unspecified atom stereocenters. The number of carbonyl (C=O) groups is 3. The first-order chi connectivity index (χ1) is 15.9. The third-order valence-electron chi connectivity index (χ3n) is 6.64. The van der Waals surface area contributed by atoms with Gasteiger partial charge in [-0.1, -0.05) is 17.7 Å². The van der Waals surface area contributed by atoms with Crippen molar-refractivity contribution < 1.29 is 18.8 Å². The first-order valence-corrected chi connectivity index (χ1v) is 11.6. The Balaban J connectivity index is 1.45. The molecule has 0 aliphatic carbocycles. The average molecular weight is 452 g/mol. The number of aryl methyl sites for hydroxylation is 1. The first-order valence-electron chi connectivity index (χ1n) is 11.6. The van der Waals surface area contributed by atoms with Crippen molar-refractivity contribution in [2.24, 2.45) is 5.92 Å². The fourth-order valence-electron chi connectivity index (χ4n) is 4.74. The minimum absolute atomic E-state index is 0.0307. The van der Waals surface area contributed by atoms with Gasteiger partial charge in [-0.2, -0.15) is 0 Å². The van der Waals surface area contributed by atoms with Gasteiger partial charge >= 0.3 is 0 Å². The number of nitrogens with zero attached hydrogens (tertiary/aromatic N) is 2. The molecule has 2 aromatic carbocycles. The highest BCUT2D eigenvalue weighted by atomic mass is 19.1. The van der Waals surface area contributed by atoms with Gasteiger partial charge in [-0.25, -0.2) is 4.39 Å². The molecule has 3 amide bonds. The van der Waals surface area contributed by atoms with Gasteiger partial charge in [0.15, 0.2) is 0 Å². The van der Waals surface area contributed by atoms with Crippen LogP contribution in [-0.4, -0.2) is 59.7 Å². The number of benzene rings is 2. The van der Waals surface area contributed by atoms with Gasteiger partial charge in [0.2, 0.25) is 5.91 Å². The zero-order chi connectivity index (χ0) is 23.4. The van der Waals surface area contributed by atoms with Gasteiger partial charge in [-0.15, -0.1) is 0 Å². The van der Waals surface area contributed by atoms with Crippen LogP contribution in [-0.2, 0) is 4.79 Å². The lowest BCUT2D eigenvalue weighted by molar-refractivity contribution is -0.134. The van der Waals surface area contributed by atoms with Crippen molar-refractivity contribution in [3.8, 4) is 0 Å². The normalized spacial score (nSPS) is 17.6. The number of likely N-dealkylation sites (tertiary alicyclic amines) is 2. The Hall–Kier alpha value is -3.22. The van der Waals surface area contributed by atoms with Gasteiger partial charge in [-0.3, -0.25) is 14.4 Å². The van der Waals surface area contributed by atoms with E-state index in [-0.39, 0.29) is 29.5 Å². The monoisotopic (exact) mass is 451 g/mol. The molecule has 2 aliphatic heterocycles. The van der Waals surface area contributed by atoms with Crippen LogP contribution in [0.4, 0.5) is 4.39 Å². The quantitative estimate of drug-likeness (QED) is 0.758. The highest BCUT2D eigenvalue weighted by molar-refractivity contribution is 5.98. The van der Waals surface area contributed by atoms with Crippen LogP contribution in [0.1, 0.15) is 52.0 Å². The number of amides is 3. The molecule has 0 bridgehead atoms. The fraction of sp³-hybridized carbons (Fsp3) is 0.423. The number of rotatable bonds is 5. The van der Waals surface area contributed by atoms with E-state index in [1.54, 1.807) is 11.0 Å². The molecule has 2 fully saturated rings. The van der Waals surface area contributed by atoms with Crippen molar-refractivity contribution in [2.75, 3.05) is 26.2 Å². The van der Waals surface area contributed by atoms with E-state index in [9.17, 15) is 18.8 Å². The van der Waals surface area contributed by atoms with E-state index >= 15 is 0 Å². The van der Waals surface area contributed by atoms with Gasteiger partial charge in [0.25, 0.3) is 11.8 Å². The Labute approximate surface area is 193 Å². The molecule has 6 nitrogen and oxygen atoms in total. The Morgan fingerprint density at radius 1 is 0.909 bits per heavy atom. The summed E-state index contributed by atoms with van der Waals surface area (Å²) in [6.07, 6.45) is 3.19. The average Bonchev–Trinajstić information content (AvgIpc) is 3.37. The Bertz CT molecular complexity index is 1010. The maximum absolute atomic E-state index is 13.3. The van der Waals surface area contributed by atoms with Crippen LogP contribution >= 0.6 is 0 Å². The highest BCUT2D eigenvalue weighted by Gasteiger charge is 2.37. The number of piperidine rings is 1. The zero-order valence-corrected chi connectivity index (χ0v) is 18.9. The van der Waals surface area contributed by atoms with Crippen molar-refractivity contribution >= 4 is 17.7 Å². The summed E-state index contributed by atoms with van der Waals surface area (Å²) < 4.78 is 13.2. The van der Waals surface area contributed by atoms with Gasteiger partial charge < -0.3 is 15.1 Å². The van der Waals surface area contributed by atoms with E-state index in [1.165, 1.54) is 24.3 Å². The van der Waals surface area contributed by atoms with E-state index in [4.69, 9.17) is 0 Å². The molecule has 1 N–H and O–H groups in total. The van der Waals surface area contributed by atoms with Crippen molar-refractivity contribution in [1.29, 1.82) is 0 Å². The number of carbonyl (C=O) groups excluding carboxylic acids is 3. The second kappa shape index (κ2) is 10.1. The molecule has 2 saturated heterocycles. The predicted octanol–water partition coefficient (Wildman–Crippen LogP) is 3.41. The van der Waals surface area contributed by atoms with Gasteiger partial charge in [0, 0.05) is 37.3 Å². The largest absolute Gasteiger partial charge is 0.341 e. The summed E-state index contributed by atoms with van der Waals surface area (Å²) in [5, 5.41) is 3.01. The highest BCUT2D eigenvalue weighted by Crippen LogP contribution is 2.25. The SMILES string of the molecule is Cc1cccc(C(=O)NC(C(=O)N2CCCC2)C2CCN(C(=O)c3ccc(F)cc3)CC2)c1. The molecule has 0 aromatic heterocycles. The van der Waals surface area contributed by atoms with E-state index in [1.807, 2.05) is 30.0 Å². The predicted molar refractivity (Wildman–Crippen MR) is 123 cm³/mol. The Kier molecular flexibility index (Phi) is 7.06. The van der Waals surface area contributed by atoms with Gasteiger partial charge in [0.05, 0.1) is 0 Å². The number of hydrogen-bond donors (Lipinski definition) is 1. The number of hydrogen-bond acceptors (Lipinski definition) is 3. The van der Waals surface area contributed by atoms with Crippen LogP contribution in [0.3, 0.4) is 0 Å². The fourth-order valence-corrected chi connectivity index (χ4v) is 4.74. The van der Waals surface area contributed by atoms with E-state index in [0.29, 0.717) is 37.1 Å². The maximum atomic E-state index is 13.3. The van der Waals surface area contributed by atoms with Crippen LogP contribution in [0.15, 0.2) is 48.5 Å². The van der Waals surface area contributed by atoms with Crippen molar-refractivity contribution in [3.05, 3.63) is 71.0 Å². The molecule has 0 spiro atoms. The molecular formula is C26H30FN3O3. The summed E-state index contributed by atoms with van der Waals surface area (Å²) >= 11 is 0. The number of nitrogens with one attached hydrogen (secondary N) is 1. The van der Waals surface area contributed by atoms with Crippen LogP contribution in [0.25, 0.3) is 0 Å². The molecule has 33 heavy (non-hydrogen) atoms. The zero-order valence-electron chi connectivity index (χ0n) is 18.9. The summed E-state index contributed by atoms with van der Waals surface area (Å²) in [7, 11) is 0. The molecule has 174 valence electrons. The molecular weight excluding hydrogens is 421 g/mol. The lowest BCUT2D eigenvalue weighted by Gasteiger charge is -2.37. The topological polar surface area (TPSA) is 69.7 Å².